The molecule has 24 heavy (non-hydrogen) atoms. The van der Waals surface area contributed by atoms with E-state index in [-0.39, 0.29) is 18.0 Å². The standard InChI is InChI=1S/C17H25N5O2/c1-13(23)21-11-6-14(7-12-21)19-17(24)20-15-5-4-8-18-16(15)22-9-2-3-10-22/h4-5,8,14H,2-3,6-7,9-12H2,1H3,(H2,19,20,24). The quantitative estimate of drug-likeness (QED) is 0.885. The minimum Gasteiger partial charge on any atom is -0.355 e. The molecular weight excluding hydrogens is 306 g/mol. The summed E-state index contributed by atoms with van der Waals surface area (Å²) in [5.41, 5.74) is 0.748. The van der Waals surface area contributed by atoms with Crippen molar-refractivity contribution in [2.45, 2.75) is 38.6 Å². The summed E-state index contributed by atoms with van der Waals surface area (Å²) in [5, 5.41) is 5.94. The van der Waals surface area contributed by atoms with Crippen LogP contribution in [0.4, 0.5) is 16.3 Å². The van der Waals surface area contributed by atoms with Crippen LogP contribution in [0, 0.1) is 0 Å². The van der Waals surface area contributed by atoms with Gasteiger partial charge in [0.25, 0.3) is 0 Å². The highest BCUT2D eigenvalue weighted by atomic mass is 16.2. The van der Waals surface area contributed by atoms with Crippen molar-refractivity contribution < 1.29 is 9.59 Å². The van der Waals surface area contributed by atoms with E-state index >= 15 is 0 Å². The maximum atomic E-state index is 12.3. The van der Waals surface area contributed by atoms with E-state index in [2.05, 4.69) is 20.5 Å². The molecule has 7 nitrogen and oxygen atoms in total. The summed E-state index contributed by atoms with van der Waals surface area (Å²) < 4.78 is 0. The molecule has 0 aliphatic carbocycles. The van der Waals surface area contributed by atoms with Crippen LogP contribution in [-0.2, 0) is 4.79 Å². The Morgan fingerprint density at radius 2 is 1.88 bits per heavy atom. The second-order valence-electron chi connectivity index (χ2n) is 6.45. The number of urea groups is 1. The number of rotatable bonds is 3. The molecule has 3 amide bonds. The Morgan fingerprint density at radius 1 is 1.17 bits per heavy atom. The second-order valence-corrected chi connectivity index (χ2v) is 6.45. The molecule has 3 rings (SSSR count). The normalized spacial score (nSPS) is 18.5. The molecule has 0 saturated carbocycles. The number of anilines is 2. The smallest absolute Gasteiger partial charge is 0.319 e. The van der Waals surface area contributed by atoms with E-state index in [0.717, 1.165) is 50.3 Å². The number of aromatic nitrogens is 1. The first kappa shape index (κ1) is 16.5. The topological polar surface area (TPSA) is 77.6 Å². The molecule has 0 unspecified atom stereocenters. The van der Waals surface area contributed by atoms with Gasteiger partial charge in [0, 0.05) is 45.3 Å². The number of nitrogens with one attached hydrogen (secondary N) is 2. The third-order valence-electron chi connectivity index (χ3n) is 4.72. The highest BCUT2D eigenvalue weighted by molar-refractivity contribution is 5.92. The molecule has 0 aromatic carbocycles. The Hall–Kier alpha value is -2.31. The average molecular weight is 331 g/mol. The van der Waals surface area contributed by atoms with Crippen molar-refractivity contribution in [3.63, 3.8) is 0 Å². The van der Waals surface area contributed by atoms with Gasteiger partial charge in [-0.25, -0.2) is 9.78 Å². The van der Waals surface area contributed by atoms with Crippen LogP contribution in [0.2, 0.25) is 0 Å². The molecule has 0 atom stereocenters. The number of amides is 3. The fraction of sp³-hybridized carbons (Fsp3) is 0.588. The lowest BCUT2D eigenvalue weighted by Gasteiger charge is -2.31. The molecule has 0 spiro atoms. The van der Waals surface area contributed by atoms with Crippen molar-refractivity contribution in [1.82, 2.24) is 15.2 Å². The fourth-order valence-corrected chi connectivity index (χ4v) is 3.36. The van der Waals surface area contributed by atoms with Gasteiger partial charge >= 0.3 is 6.03 Å². The zero-order chi connectivity index (χ0) is 16.9. The zero-order valence-electron chi connectivity index (χ0n) is 14.1. The average Bonchev–Trinajstić information content (AvgIpc) is 3.10. The molecule has 1 aromatic rings. The van der Waals surface area contributed by atoms with Gasteiger partial charge in [-0.1, -0.05) is 0 Å². The summed E-state index contributed by atoms with van der Waals surface area (Å²) in [6.07, 6.45) is 5.67. The number of likely N-dealkylation sites (tertiary alicyclic amines) is 1. The van der Waals surface area contributed by atoms with Crippen molar-refractivity contribution >= 4 is 23.4 Å². The van der Waals surface area contributed by atoms with E-state index in [4.69, 9.17) is 0 Å². The van der Waals surface area contributed by atoms with Crippen LogP contribution in [-0.4, -0.2) is 54.0 Å². The van der Waals surface area contributed by atoms with Crippen LogP contribution >= 0.6 is 0 Å². The first-order valence-corrected chi connectivity index (χ1v) is 8.66. The van der Waals surface area contributed by atoms with E-state index in [1.54, 1.807) is 13.1 Å². The molecule has 2 aliphatic heterocycles. The summed E-state index contributed by atoms with van der Waals surface area (Å²) in [5.74, 6) is 0.945. The second kappa shape index (κ2) is 7.51. The van der Waals surface area contributed by atoms with Gasteiger partial charge in [0.05, 0.1) is 5.69 Å². The highest BCUT2D eigenvalue weighted by Gasteiger charge is 2.23. The third kappa shape index (κ3) is 3.96. The third-order valence-corrected chi connectivity index (χ3v) is 4.72. The maximum Gasteiger partial charge on any atom is 0.319 e. The Morgan fingerprint density at radius 3 is 2.54 bits per heavy atom. The number of hydrogen-bond donors (Lipinski definition) is 2. The van der Waals surface area contributed by atoms with Crippen LogP contribution in [0.3, 0.4) is 0 Å². The number of carbonyl (C=O) groups excluding carboxylic acids is 2. The van der Waals surface area contributed by atoms with Crippen molar-refractivity contribution in [3.8, 4) is 0 Å². The number of carbonyl (C=O) groups is 2. The lowest BCUT2D eigenvalue weighted by atomic mass is 10.1. The van der Waals surface area contributed by atoms with Crippen molar-refractivity contribution in [2.24, 2.45) is 0 Å². The van der Waals surface area contributed by atoms with E-state index < -0.39 is 0 Å². The number of piperidine rings is 1. The Balaban J connectivity index is 1.55. The van der Waals surface area contributed by atoms with Crippen molar-refractivity contribution in [1.29, 1.82) is 0 Å². The minimum atomic E-state index is -0.204. The highest BCUT2D eigenvalue weighted by Crippen LogP contribution is 2.26. The van der Waals surface area contributed by atoms with Gasteiger partial charge in [-0.15, -0.1) is 0 Å². The van der Waals surface area contributed by atoms with E-state index in [0.29, 0.717) is 13.1 Å². The minimum absolute atomic E-state index is 0.100. The van der Waals surface area contributed by atoms with Gasteiger partial charge in [0.1, 0.15) is 0 Å². The molecule has 2 saturated heterocycles. The van der Waals surface area contributed by atoms with Crippen LogP contribution < -0.4 is 15.5 Å². The molecular formula is C17H25N5O2. The lowest BCUT2D eigenvalue weighted by Crippen LogP contribution is -2.47. The van der Waals surface area contributed by atoms with Gasteiger partial charge in [0.15, 0.2) is 5.82 Å². The number of hydrogen-bond acceptors (Lipinski definition) is 4. The molecule has 2 fully saturated rings. The predicted octanol–water partition coefficient (Wildman–Crippen LogP) is 1.81. The number of nitrogens with zero attached hydrogens (tertiary/aromatic N) is 3. The van der Waals surface area contributed by atoms with E-state index in [1.807, 2.05) is 17.0 Å². The summed E-state index contributed by atoms with van der Waals surface area (Å²) >= 11 is 0. The predicted molar refractivity (Wildman–Crippen MR) is 93.1 cm³/mol. The summed E-state index contributed by atoms with van der Waals surface area (Å²) in [6, 6.07) is 3.62. The summed E-state index contributed by atoms with van der Waals surface area (Å²) in [4.78, 5) is 32.1. The summed E-state index contributed by atoms with van der Waals surface area (Å²) in [6.45, 7) is 4.95. The van der Waals surface area contributed by atoms with Crippen LogP contribution in [0.15, 0.2) is 18.3 Å². The SMILES string of the molecule is CC(=O)N1CCC(NC(=O)Nc2cccnc2N2CCCC2)CC1. The van der Waals surface area contributed by atoms with Gasteiger partial charge in [-0.05, 0) is 37.8 Å². The molecule has 1 aromatic heterocycles. The largest absolute Gasteiger partial charge is 0.355 e. The number of pyridine rings is 1. The molecule has 2 N–H and O–H groups in total. The van der Waals surface area contributed by atoms with Crippen LogP contribution in [0.25, 0.3) is 0 Å². The van der Waals surface area contributed by atoms with Crippen LogP contribution in [0.5, 0.6) is 0 Å². The molecule has 3 heterocycles. The van der Waals surface area contributed by atoms with Gasteiger partial charge in [0.2, 0.25) is 5.91 Å². The van der Waals surface area contributed by atoms with Crippen LogP contribution in [0.1, 0.15) is 32.6 Å². The van der Waals surface area contributed by atoms with Gasteiger partial charge in [-0.2, -0.15) is 0 Å². The summed E-state index contributed by atoms with van der Waals surface area (Å²) in [7, 11) is 0. The van der Waals surface area contributed by atoms with Gasteiger partial charge in [-0.3, -0.25) is 4.79 Å². The molecule has 7 heteroatoms. The maximum absolute atomic E-state index is 12.3. The zero-order valence-corrected chi connectivity index (χ0v) is 14.1. The Kier molecular flexibility index (Phi) is 5.17. The Labute approximate surface area is 142 Å². The van der Waals surface area contributed by atoms with Gasteiger partial charge < -0.3 is 20.4 Å². The molecule has 0 radical (unpaired) electrons. The van der Waals surface area contributed by atoms with E-state index in [1.165, 1.54) is 0 Å². The molecule has 0 bridgehead atoms. The first-order valence-electron chi connectivity index (χ1n) is 8.66. The fourth-order valence-electron chi connectivity index (χ4n) is 3.36. The monoisotopic (exact) mass is 331 g/mol. The molecule has 2 aliphatic rings. The molecule has 130 valence electrons. The van der Waals surface area contributed by atoms with E-state index in [9.17, 15) is 9.59 Å². The first-order chi connectivity index (χ1) is 11.6. The van der Waals surface area contributed by atoms with Crippen molar-refractivity contribution in [2.75, 3.05) is 36.4 Å². The Bertz CT molecular complexity index is 592. The lowest BCUT2D eigenvalue weighted by molar-refractivity contribution is -0.129. The van der Waals surface area contributed by atoms with Crippen molar-refractivity contribution in [3.05, 3.63) is 18.3 Å².